The molecule has 1 aromatic rings. The minimum absolute atomic E-state index is 0.101. The number of nitrogens with zero attached hydrogens (tertiary/aromatic N) is 3. The third-order valence-electron chi connectivity index (χ3n) is 3.45. The van der Waals surface area contributed by atoms with Crippen molar-refractivity contribution in [1.82, 2.24) is 14.5 Å². The van der Waals surface area contributed by atoms with Gasteiger partial charge in [0.2, 0.25) is 5.91 Å². The van der Waals surface area contributed by atoms with E-state index in [1.54, 1.807) is 17.7 Å². The first-order chi connectivity index (χ1) is 9.83. The number of likely N-dealkylation sites (tertiary alicyclic amines) is 1. The molecule has 1 aliphatic heterocycles. The quantitative estimate of drug-likeness (QED) is 0.839. The number of aromatic nitrogens is 2. The molecule has 1 aliphatic rings. The molecule has 8 heteroatoms. The second-order valence-electron chi connectivity index (χ2n) is 4.97. The minimum atomic E-state index is -4.37. The van der Waals surface area contributed by atoms with Crippen molar-refractivity contribution < 1.29 is 22.7 Å². The average Bonchev–Trinajstić information content (AvgIpc) is 2.96. The molecule has 0 aliphatic carbocycles. The summed E-state index contributed by atoms with van der Waals surface area (Å²) in [5, 5.41) is 0. The van der Waals surface area contributed by atoms with Crippen LogP contribution in [0.2, 0.25) is 0 Å². The lowest BCUT2D eigenvalue weighted by Gasteiger charge is -2.20. The van der Waals surface area contributed by atoms with Crippen LogP contribution in [0, 0.1) is 0 Å². The molecule has 2 heterocycles. The van der Waals surface area contributed by atoms with Gasteiger partial charge in [-0.3, -0.25) is 4.79 Å². The lowest BCUT2D eigenvalue weighted by molar-refractivity contribution is -0.158. The number of amides is 1. The van der Waals surface area contributed by atoms with Gasteiger partial charge in [-0.2, -0.15) is 13.2 Å². The molecule has 118 valence electrons. The summed E-state index contributed by atoms with van der Waals surface area (Å²) in [6.45, 7) is 3.04. The Bertz CT molecular complexity index is 501. The number of halogens is 3. The maximum absolute atomic E-state index is 12.4. The number of alkyl halides is 3. The zero-order valence-electron chi connectivity index (χ0n) is 11.9. The maximum atomic E-state index is 12.4. The van der Waals surface area contributed by atoms with Gasteiger partial charge in [0.05, 0.1) is 0 Å². The van der Waals surface area contributed by atoms with Gasteiger partial charge < -0.3 is 14.2 Å². The van der Waals surface area contributed by atoms with E-state index in [1.165, 1.54) is 6.20 Å². The Balaban J connectivity index is 2.14. The van der Waals surface area contributed by atoms with E-state index in [0.717, 1.165) is 4.90 Å². The van der Waals surface area contributed by atoms with Gasteiger partial charge in [0.1, 0.15) is 24.5 Å². The average molecular weight is 305 g/mol. The van der Waals surface area contributed by atoms with Crippen LogP contribution >= 0.6 is 0 Å². The molecule has 1 aromatic heterocycles. The summed E-state index contributed by atoms with van der Waals surface area (Å²) in [5.74, 6) is 0.0410. The van der Waals surface area contributed by atoms with Crippen molar-refractivity contribution in [1.29, 1.82) is 0 Å². The van der Waals surface area contributed by atoms with Crippen molar-refractivity contribution in [3.63, 3.8) is 0 Å². The number of rotatable bonds is 5. The molecular weight excluding hydrogens is 287 g/mol. The number of imidazole rings is 1. The monoisotopic (exact) mass is 305 g/mol. The highest BCUT2D eigenvalue weighted by Crippen LogP contribution is 2.29. The molecule has 1 fully saturated rings. The third kappa shape index (κ3) is 3.55. The molecule has 0 N–H and O–H groups in total. The fraction of sp³-hybridized carbons (Fsp3) is 0.692. The second-order valence-corrected chi connectivity index (χ2v) is 4.97. The zero-order valence-corrected chi connectivity index (χ0v) is 11.9. The van der Waals surface area contributed by atoms with Gasteiger partial charge in [0.25, 0.3) is 0 Å². The highest BCUT2D eigenvalue weighted by Gasteiger charge is 2.40. The van der Waals surface area contributed by atoms with E-state index in [0.29, 0.717) is 18.9 Å². The van der Waals surface area contributed by atoms with Crippen LogP contribution in [0.25, 0.3) is 0 Å². The summed E-state index contributed by atoms with van der Waals surface area (Å²) in [4.78, 5) is 17.2. The number of ether oxygens (including phenoxy) is 1. The molecule has 0 bridgehead atoms. The van der Waals surface area contributed by atoms with Crippen molar-refractivity contribution in [3.05, 3.63) is 18.2 Å². The van der Waals surface area contributed by atoms with E-state index in [1.807, 2.05) is 6.92 Å². The molecule has 1 saturated heterocycles. The van der Waals surface area contributed by atoms with E-state index in [4.69, 9.17) is 4.74 Å². The molecule has 0 unspecified atom stereocenters. The Labute approximate surface area is 120 Å². The molecule has 0 spiro atoms. The number of hydrogen-bond acceptors (Lipinski definition) is 3. The van der Waals surface area contributed by atoms with Crippen LogP contribution in [0.3, 0.4) is 0 Å². The summed E-state index contributed by atoms with van der Waals surface area (Å²) in [6, 6.07) is -0.632. The first kappa shape index (κ1) is 15.8. The molecule has 0 radical (unpaired) electrons. The fourth-order valence-corrected chi connectivity index (χ4v) is 2.58. The smallest absolute Gasteiger partial charge is 0.371 e. The van der Waals surface area contributed by atoms with E-state index in [-0.39, 0.29) is 12.6 Å². The Morgan fingerprint density at radius 1 is 1.52 bits per heavy atom. The standard InChI is InChI=1S/C13H18F3N3O2/c1-3-21-9(2)11-17-5-7-19(11)10-4-6-18(12(10)20)8-13(14,15)16/h5,7,9-10H,3-4,6,8H2,1-2H3/t9-,10-/m1/s1. The predicted octanol–water partition coefficient (Wildman–Crippen LogP) is 2.32. The fourth-order valence-electron chi connectivity index (χ4n) is 2.58. The molecule has 0 saturated carbocycles. The van der Waals surface area contributed by atoms with E-state index in [2.05, 4.69) is 4.98 Å². The summed E-state index contributed by atoms with van der Waals surface area (Å²) >= 11 is 0. The Hall–Kier alpha value is -1.57. The number of carbonyl (C=O) groups excluding carboxylic acids is 1. The molecule has 5 nitrogen and oxygen atoms in total. The van der Waals surface area contributed by atoms with Crippen molar-refractivity contribution in [3.8, 4) is 0 Å². The van der Waals surface area contributed by atoms with E-state index < -0.39 is 24.7 Å². The predicted molar refractivity (Wildman–Crippen MR) is 68.6 cm³/mol. The highest BCUT2D eigenvalue weighted by atomic mass is 19.4. The zero-order chi connectivity index (χ0) is 15.6. The van der Waals surface area contributed by atoms with Crippen LogP contribution in [0.5, 0.6) is 0 Å². The lowest BCUT2D eigenvalue weighted by Crippen LogP contribution is -2.36. The molecule has 1 amide bonds. The third-order valence-corrected chi connectivity index (χ3v) is 3.45. The number of hydrogen-bond donors (Lipinski definition) is 0. The SMILES string of the molecule is CCO[C@H](C)c1nccn1[C@@H]1CCN(CC(F)(F)F)C1=O. The second kappa shape index (κ2) is 6.05. The van der Waals surface area contributed by atoms with Crippen molar-refractivity contribution >= 4 is 5.91 Å². The largest absolute Gasteiger partial charge is 0.406 e. The topological polar surface area (TPSA) is 47.4 Å². The van der Waals surface area contributed by atoms with Crippen molar-refractivity contribution in [2.24, 2.45) is 0 Å². The van der Waals surface area contributed by atoms with Gasteiger partial charge in [-0.05, 0) is 20.3 Å². The van der Waals surface area contributed by atoms with Crippen LogP contribution in [-0.4, -0.2) is 46.2 Å². The van der Waals surface area contributed by atoms with Gasteiger partial charge in [-0.15, -0.1) is 0 Å². The van der Waals surface area contributed by atoms with Crippen LogP contribution in [-0.2, 0) is 9.53 Å². The lowest BCUT2D eigenvalue weighted by atomic mass is 10.2. The Kier molecular flexibility index (Phi) is 4.55. The summed E-state index contributed by atoms with van der Waals surface area (Å²) in [7, 11) is 0. The van der Waals surface area contributed by atoms with Gasteiger partial charge in [0.15, 0.2) is 0 Å². The van der Waals surface area contributed by atoms with Gasteiger partial charge in [-0.25, -0.2) is 4.98 Å². The first-order valence-electron chi connectivity index (χ1n) is 6.83. The summed E-state index contributed by atoms with van der Waals surface area (Å²) in [5.41, 5.74) is 0. The van der Waals surface area contributed by atoms with Crippen LogP contribution in [0.15, 0.2) is 12.4 Å². The number of carbonyl (C=O) groups is 1. The molecule has 0 aromatic carbocycles. The van der Waals surface area contributed by atoms with Gasteiger partial charge in [0, 0.05) is 25.5 Å². The van der Waals surface area contributed by atoms with Gasteiger partial charge in [-0.1, -0.05) is 0 Å². The van der Waals surface area contributed by atoms with Crippen LogP contribution < -0.4 is 0 Å². The Morgan fingerprint density at radius 3 is 2.86 bits per heavy atom. The molecule has 21 heavy (non-hydrogen) atoms. The van der Waals surface area contributed by atoms with Gasteiger partial charge >= 0.3 is 6.18 Å². The van der Waals surface area contributed by atoms with E-state index in [9.17, 15) is 18.0 Å². The van der Waals surface area contributed by atoms with Crippen molar-refractivity contribution in [2.75, 3.05) is 19.7 Å². The molecule has 2 rings (SSSR count). The Morgan fingerprint density at radius 2 is 2.24 bits per heavy atom. The normalized spacial score (nSPS) is 21.1. The summed E-state index contributed by atoms with van der Waals surface area (Å²) < 4.78 is 44.3. The van der Waals surface area contributed by atoms with E-state index >= 15 is 0 Å². The minimum Gasteiger partial charge on any atom is -0.371 e. The van der Waals surface area contributed by atoms with Crippen molar-refractivity contribution in [2.45, 2.75) is 38.6 Å². The molecule has 2 atom stereocenters. The highest BCUT2D eigenvalue weighted by molar-refractivity contribution is 5.82. The first-order valence-corrected chi connectivity index (χ1v) is 6.83. The maximum Gasteiger partial charge on any atom is 0.406 e. The summed E-state index contributed by atoms with van der Waals surface area (Å²) in [6.07, 6.45) is -1.19. The van der Waals surface area contributed by atoms with Crippen LogP contribution in [0.1, 0.15) is 38.2 Å². The van der Waals surface area contributed by atoms with Crippen LogP contribution in [0.4, 0.5) is 13.2 Å². The molecular formula is C13H18F3N3O2.